The van der Waals surface area contributed by atoms with Crippen LogP contribution in [-0.4, -0.2) is 42.9 Å². The molecule has 2 amide bonds. The Morgan fingerprint density at radius 2 is 1.57 bits per heavy atom. The third-order valence-electron chi connectivity index (χ3n) is 5.62. The van der Waals surface area contributed by atoms with Crippen molar-refractivity contribution < 1.29 is 9.59 Å². The monoisotopic (exact) mass is 408 g/mol. The van der Waals surface area contributed by atoms with Crippen molar-refractivity contribution in [1.82, 2.24) is 4.90 Å². The first-order valence-electron chi connectivity index (χ1n) is 10.7. The molecular formula is C24H32N4O2. The molecule has 0 bridgehead atoms. The molecule has 0 saturated carbocycles. The number of hydrogen-bond acceptors (Lipinski definition) is 4. The van der Waals surface area contributed by atoms with Crippen LogP contribution in [0.15, 0.2) is 48.5 Å². The number of anilines is 3. The lowest BCUT2D eigenvalue weighted by Crippen LogP contribution is -2.39. The van der Waals surface area contributed by atoms with Gasteiger partial charge >= 0.3 is 0 Å². The first-order valence-corrected chi connectivity index (χ1v) is 10.7. The van der Waals surface area contributed by atoms with Crippen LogP contribution < -0.4 is 15.5 Å². The molecule has 1 aliphatic heterocycles. The fourth-order valence-electron chi connectivity index (χ4n) is 3.78. The van der Waals surface area contributed by atoms with Gasteiger partial charge in [0.1, 0.15) is 0 Å². The normalized spacial score (nSPS) is 15.0. The number of hydrogen-bond donors (Lipinski definition) is 2. The Morgan fingerprint density at radius 1 is 0.967 bits per heavy atom. The molecule has 3 rings (SSSR count). The van der Waals surface area contributed by atoms with Gasteiger partial charge in [0.25, 0.3) is 0 Å². The Morgan fingerprint density at radius 3 is 2.20 bits per heavy atom. The minimum absolute atomic E-state index is 0.0553. The second-order valence-corrected chi connectivity index (χ2v) is 8.02. The summed E-state index contributed by atoms with van der Waals surface area (Å²) in [6, 6.07) is 15.4. The van der Waals surface area contributed by atoms with Crippen molar-refractivity contribution in [1.29, 1.82) is 0 Å². The molecule has 0 aromatic heterocycles. The molecule has 2 aromatic carbocycles. The number of carbonyl (C=O) groups excluding carboxylic acids is 2. The zero-order chi connectivity index (χ0) is 21.5. The van der Waals surface area contributed by atoms with E-state index in [9.17, 15) is 9.59 Å². The Hall–Kier alpha value is -2.86. The maximum absolute atomic E-state index is 12.8. The van der Waals surface area contributed by atoms with Gasteiger partial charge in [-0.1, -0.05) is 18.2 Å². The number of nitrogens with zero attached hydrogens (tertiary/aromatic N) is 2. The third-order valence-corrected chi connectivity index (χ3v) is 5.62. The standard InChI is InChI=1S/C24H32N4O2/c1-18(24(30)26-22-13-11-21(12-14-22)25-19(2)29)27(3)17-20-9-5-6-10-23(20)28-15-7-4-8-16-28/h5-6,9-14,18H,4,7-8,15-17H2,1-3H3,(H,25,29)(H,26,30)/t18-/m0/s1. The smallest absolute Gasteiger partial charge is 0.241 e. The van der Waals surface area contributed by atoms with Gasteiger partial charge in [-0.3, -0.25) is 14.5 Å². The van der Waals surface area contributed by atoms with Gasteiger partial charge in [0.2, 0.25) is 11.8 Å². The maximum atomic E-state index is 12.8. The highest BCUT2D eigenvalue weighted by atomic mass is 16.2. The van der Waals surface area contributed by atoms with E-state index in [2.05, 4.69) is 44.7 Å². The molecule has 160 valence electrons. The first kappa shape index (κ1) is 21.8. The molecule has 0 unspecified atom stereocenters. The molecule has 1 heterocycles. The summed E-state index contributed by atoms with van der Waals surface area (Å²) in [5.74, 6) is -0.174. The van der Waals surface area contributed by atoms with Crippen molar-refractivity contribution in [3.63, 3.8) is 0 Å². The molecule has 6 nitrogen and oxygen atoms in total. The minimum Gasteiger partial charge on any atom is -0.371 e. The number of benzene rings is 2. The summed E-state index contributed by atoms with van der Waals surface area (Å²) in [6.45, 7) is 6.31. The van der Waals surface area contributed by atoms with Crippen molar-refractivity contribution in [3.05, 3.63) is 54.1 Å². The third kappa shape index (κ3) is 5.83. The van der Waals surface area contributed by atoms with Gasteiger partial charge in [0.05, 0.1) is 6.04 Å². The van der Waals surface area contributed by atoms with E-state index in [0.717, 1.165) is 13.1 Å². The van der Waals surface area contributed by atoms with Crippen LogP contribution in [0.1, 0.15) is 38.7 Å². The quantitative estimate of drug-likeness (QED) is 0.724. The lowest BCUT2D eigenvalue weighted by molar-refractivity contribution is -0.120. The number of likely N-dealkylation sites (N-methyl/N-ethyl adjacent to an activating group) is 1. The number of carbonyl (C=O) groups is 2. The summed E-state index contributed by atoms with van der Waals surface area (Å²) in [5.41, 5.74) is 3.95. The number of rotatable bonds is 7. The second-order valence-electron chi connectivity index (χ2n) is 8.02. The van der Waals surface area contributed by atoms with Crippen LogP contribution in [-0.2, 0) is 16.1 Å². The van der Waals surface area contributed by atoms with Crippen LogP contribution >= 0.6 is 0 Å². The molecule has 2 aromatic rings. The molecule has 0 aliphatic carbocycles. The Bertz CT molecular complexity index is 860. The molecule has 2 N–H and O–H groups in total. The zero-order valence-electron chi connectivity index (χ0n) is 18.1. The summed E-state index contributed by atoms with van der Waals surface area (Å²) in [4.78, 5) is 28.4. The average molecular weight is 409 g/mol. The molecular weight excluding hydrogens is 376 g/mol. The molecule has 30 heavy (non-hydrogen) atoms. The lowest BCUT2D eigenvalue weighted by Gasteiger charge is -2.32. The molecule has 0 spiro atoms. The van der Waals surface area contributed by atoms with Crippen LogP contribution in [0.3, 0.4) is 0 Å². The number of para-hydroxylation sites is 1. The van der Waals surface area contributed by atoms with Gasteiger partial charge in [-0.2, -0.15) is 0 Å². The highest BCUT2D eigenvalue weighted by Crippen LogP contribution is 2.25. The van der Waals surface area contributed by atoms with E-state index in [4.69, 9.17) is 0 Å². The van der Waals surface area contributed by atoms with E-state index < -0.39 is 0 Å². The summed E-state index contributed by atoms with van der Waals surface area (Å²) in [5, 5.41) is 5.69. The van der Waals surface area contributed by atoms with Crippen molar-refractivity contribution in [2.75, 3.05) is 35.7 Å². The second kappa shape index (κ2) is 10.3. The maximum Gasteiger partial charge on any atom is 0.241 e. The predicted octanol–water partition coefficient (Wildman–Crippen LogP) is 4.09. The van der Waals surface area contributed by atoms with Crippen molar-refractivity contribution >= 4 is 28.9 Å². The van der Waals surface area contributed by atoms with E-state index in [-0.39, 0.29) is 17.9 Å². The van der Waals surface area contributed by atoms with Gasteiger partial charge in [-0.05, 0) is 69.1 Å². The molecule has 1 fully saturated rings. The number of nitrogens with one attached hydrogen (secondary N) is 2. The van der Waals surface area contributed by atoms with E-state index in [1.165, 1.54) is 37.4 Å². The first-order chi connectivity index (χ1) is 14.4. The van der Waals surface area contributed by atoms with Crippen molar-refractivity contribution in [2.24, 2.45) is 0 Å². The largest absolute Gasteiger partial charge is 0.371 e. The van der Waals surface area contributed by atoms with Gasteiger partial charge in [-0.15, -0.1) is 0 Å². The van der Waals surface area contributed by atoms with Crippen LogP contribution in [0.2, 0.25) is 0 Å². The summed E-state index contributed by atoms with van der Waals surface area (Å²) < 4.78 is 0. The average Bonchev–Trinajstić information content (AvgIpc) is 2.75. The van der Waals surface area contributed by atoms with Crippen LogP contribution in [0, 0.1) is 0 Å². The van der Waals surface area contributed by atoms with E-state index in [0.29, 0.717) is 17.9 Å². The van der Waals surface area contributed by atoms with Crippen molar-refractivity contribution in [3.8, 4) is 0 Å². The molecule has 1 aliphatic rings. The SMILES string of the molecule is CC(=O)Nc1ccc(NC(=O)[C@H](C)N(C)Cc2ccccc2N2CCCCC2)cc1. The fraction of sp³-hybridized carbons (Fsp3) is 0.417. The van der Waals surface area contributed by atoms with E-state index in [1.54, 1.807) is 24.3 Å². The van der Waals surface area contributed by atoms with Gasteiger partial charge in [-0.25, -0.2) is 0 Å². The minimum atomic E-state index is -0.283. The van der Waals surface area contributed by atoms with Gasteiger partial charge in [0, 0.05) is 43.6 Å². The van der Waals surface area contributed by atoms with Crippen LogP contribution in [0.4, 0.5) is 17.1 Å². The highest BCUT2D eigenvalue weighted by molar-refractivity contribution is 5.95. The molecule has 1 saturated heterocycles. The van der Waals surface area contributed by atoms with Crippen LogP contribution in [0.5, 0.6) is 0 Å². The number of piperidine rings is 1. The van der Waals surface area contributed by atoms with Gasteiger partial charge in [0.15, 0.2) is 0 Å². The summed E-state index contributed by atoms with van der Waals surface area (Å²) in [7, 11) is 1.98. The Labute approximate surface area is 179 Å². The van der Waals surface area contributed by atoms with Crippen molar-refractivity contribution in [2.45, 2.75) is 45.7 Å². The highest BCUT2D eigenvalue weighted by Gasteiger charge is 2.21. The Kier molecular flexibility index (Phi) is 7.46. The molecule has 6 heteroatoms. The Balaban J connectivity index is 1.61. The predicted molar refractivity (Wildman–Crippen MR) is 123 cm³/mol. The molecule has 1 atom stereocenters. The lowest BCUT2D eigenvalue weighted by atomic mass is 10.1. The zero-order valence-corrected chi connectivity index (χ0v) is 18.1. The van der Waals surface area contributed by atoms with Gasteiger partial charge < -0.3 is 15.5 Å². The fourth-order valence-corrected chi connectivity index (χ4v) is 3.78. The molecule has 0 radical (unpaired) electrons. The number of amides is 2. The topological polar surface area (TPSA) is 64.7 Å². The summed E-state index contributed by atoms with van der Waals surface area (Å²) in [6.07, 6.45) is 3.79. The van der Waals surface area contributed by atoms with E-state index in [1.807, 2.05) is 14.0 Å². The van der Waals surface area contributed by atoms with Crippen LogP contribution in [0.25, 0.3) is 0 Å². The summed E-state index contributed by atoms with van der Waals surface area (Å²) >= 11 is 0. The van der Waals surface area contributed by atoms with E-state index >= 15 is 0 Å².